The number of halogens is 1. The van der Waals surface area contributed by atoms with E-state index in [-0.39, 0.29) is 0 Å². The van der Waals surface area contributed by atoms with Crippen molar-refractivity contribution in [3.05, 3.63) is 23.9 Å². The SMILES string of the molecule is C=C/C=C(/Cl)N=CC. The lowest BCUT2D eigenvalue weighted by molar-refractivity contribution is 1.52. The van der Waals surface area contributed by atoms with Crippen LogP contribution in [-0.4, -0.2) is 6.21 Å². The fraction of sp³-hybridized carbons (Fsp3) is 0.167. The Balaban J connectivity index is 3.79. The zero-order valence-corrected chi connectivity index (χ0v) is 5.52. The number of hydrogen-bond acceptors (Lipinski definition) is 1. The van der Waals surface area contributed by atoms with E-state index in [0.717, 1.165) is 0 Å². The Bertz CT molecular complexity index is 124. The van der Waals surface area contributed by atoms with Gasteiger partial charge in [0, 0.05) is 6.21 Å². The number of rotatable bonds is 2. The molecule has 0 unspecified atom stereocenters. The number of aliphatic imine (C=N–C) groups is 1. The third-order valence-electron chi connectivity index (χ3n) is 0.508. The fourth-order valence-corrected chi connectivity index (χ4v) is 0.450. The number of hydrogen-bond donors (Lipinski definition) is 0. The summed E-state index contributed by atoms with van der Waals surface area (Å²) < 4.78 is 0. The molecule has 0 aromatic heterocycles. The number of allylic oxidation sites excluding steroid dienone is 2. The first-order chi connectivity index (χ1) is 3.81. The molecule has 2 heteroatoms. The summed E-state index contributed by atoms with van der Waals surface area (Å²) in [6.07, 6.45) is 4.85. The number of nitrogens with zero attached hydrogens (tertiary/aromatic N) is 1. The van der Waals surface area contributed by atoms with E-state index < -0.39 is 0 Å². The maximum absolute atomic E-state index is 5.47. The summed E-state index contributed by atoms with van der Waals surface area (Å²) in [5, 5.41) is 0.461. The molecule has 0 aromatic rings. The Kier molecular flexibility index (Phi) is 4.27. The van der Waals surface area contributed by atoms with E-state index in [0.29, 0.717) is 5.16 Å². The van der Waals surface area contributed by atoms with Crippen LogP contribution in [0, 0.1) is 0 Å². The molecule has 0 rings (SSSR count). The quantitative estimate of drug-likeness (QED) is 0.308. The Morgan fingerprint density at radius 3 is 2.75 bits per heavy atom. The second kappa shape index (κ2) is 4.60. The molecule has 0 atom stereocenters. The smallest absolute Gasteiger partial charge is 0.128 e. The van der Waals surface area contributed by atoms with Crippen LogP contribution in [0.15, 0.2) is 28.9 Å². The second-order valence-electron chi connectivity index (χ2n) is 1.11. The minimum absolute atomic E-state index is 0.461. The summed E-state index contributed by atoms with van der Waals surface area (Å²) in [7, 11) is 0. The van der Waals surface area contributed by atoms with Crippen LogP contribution in [-0.2, 0) is 0 Å². The molecule has 0 radical (unpaired) electrons. The van der Waals surface area contributed by atoms with Crippen LogP contribution < -0.4 is 0 Å². The maximum atomic E-state index is 5.47. The van der Waals surface area contributed by atoms with E-state index in [4.69, 9.17) is 11.6 Å². The molecule has 0 bridgehead atoms. The maximum Gasteiger partial charge on any atom is 0.128 e. The monoisotopic (exact) mass is 129 g/mol. The molecule has 44 valence electrons. The first-order valence-electron chi connectivity index (χ1n) is 2.28. The summed E-state index contributed by atoms with van der Waals surface area (Å²) >= 11 is 5.47. The first kappa shape index (κ1) is 7.44. The molecule has 0 fully saturated rings. The van der Waals surface area contributed by atoms with Crippen LogP contribution in [0.2, 0.25) is 0 Å². The van der Waals surface area contributed by atoms with Crippen LogP contribution in [0.1, 0.15) is 6.92 Å². The van der Waals surface area contributed by atoms with E-state index in [1.54, 1.807) is 25.3 Å². The summed E-state index contributed by atoms with van der Waals surface area (Å²) in [5.74, 6) is 0. The van der Waals surface area contributed by atoms with E-state index in [1.165, 1.54) is 0 Å². The Hall–Kier alpha value is -0.560. The Labute approximate surface area is 54.4 Å². The van der Waals surface area contributed by atoms with Gasteiger partial charge in [0.1, 0.15) is 5.16 Å². The van der Waals surface area contributed by atoms with Crippen molar-refractivity contribution in [1.29, 1.82) is 0 Å². The van der Waals surface area contributed by atoms with Gasteiger partial charge in [-0.2, -0.15) is 0 Å². The highest BCUT2D eigenvalue weighted by molar-refractivity contribution is 6.29. The minimum atomic E-state index is 0.461. The van der Waals surface area contributed by atoms with Gasteiger partial charge in [0.25, 0.3) is 0 Å². The van der Waals surface area contributed by atoms with E-state index in [1.807, 2.05) is 0 Å². The van der Waals surface area contributed by atoms with Crippen molar-refractivity contribution < 1.29 is 0 Å². The molecule has 0 aromatic carbocycles. The van der Waals surface area contributed by atoms with Crippen molar-refractivity contribution in [2.75, 3.05) is 0 Å². The fourth-order valence-electron chi connectivity index (χ4n) is 0.264. The molecule has 0 saturated carbocycles. The Morgan fingerprint density at radius 2 is 2.38 bits per heavy atom. The standard InChI is InChI=1S/C6H8ClN/c1-3-5-6(7)8-4-2/h3-5H,1H2,2H3/b6-5-,8-4?. The third-order valence-corrected chi connectivity index (χ3v) is 0.731. The molecule has 1 nitrogen and oxygen atoms in total. The van der Waals surface area contributed by atoms with Crippen LogP contribution in [0.3, 0.4) is 0 Å². The molecule has 8 heavy (non-hydrogen) atoms. The molecule has 0 spiro atoms. The summed E-state index contributed by atoms with van der Waals surface area (Å²) in [5.41, 5.74) is 0. The van der Waals surface area contributed by atoms with Crippen molar-refractivity contribution in [2.24, 2.45) is 4.99 Å². The van der Waals surface area contributed by atoms with Gasteiger partial charge in [0.2, 0.25) is 0 Å². The molecule has 0 aliphatic rings. The van der Waals surface area contributed by atoms with Crippen LogP contribution in [0.4, 0.5) is 0 Å². The molecular formula is C6H8ClN. The highest BCUT2D eigenvalue weighted by Gasteiger charge is 1.76. The van der Waals surface area contributed by atoms with Gasteiger partial charge in [-0.1, -0.05) is 24.3 Å². The van der Waals surface area contributed by atoms with Gasteiger partial charge in [-0.15, -0.1) is 0 Å². The molecule has 0 aliphatic heterocycles. The predicted octanol–water partition coefficient (Wildman–Crippen LogP) is 2.34. The lowest BCUT2D eigenvalue weighted by atomic mass is 10.6. The average molecular weight is 130 g/mol. The molecule has 0 amide bonds. The summed E-state index contributed by atoms with van der Waals surface area (Å²) in [4.78, 5) is 3.74. The predicted molar refractivity (Wildman–Crippen MR) is 38.3 cm³/mol. The van der Waals surface area contributed by atoms with Crippen LogP contribution in [0.25, 0.3) is 0 Å². The van der Waals surface area contributed by atoms with Gasteiger partial charge >= 0.3 is 0 Å². The van der Waals surface area contributed by atoms with E-state index in [2.05, 4.69) is 11.6 Å². The minimum Gasteiger partial charge on any atom is -0.249 e. The normalized spacial score (nSPS) is 12.5. The third kappa shape index (κ3) is 3.62. The highest BCUT2D eigenvalue weighted by Crippen LogP contribution is 2.00. The summed E-state index contributed by atoms with van der Waals surface area (Å²) in [6.45, 7) is 5.25. The highest BCUT2D eigenvalue weighted by atomic mass is 35.5. The zero-order valence-electron chi connectivity index (χ0n) is 4.76. The lowest BCUT2D eigenvalue weighted by Crippen LogP contribution is -1.61. The van der Waals surface area contributed by atoms with Crippen LogP contribution in [0.5, 0.6) is 0 Å². The molecule has 0 aliphatic carbocycles. The Morgan fingerprint density at radius 1 is 1.75 bits per heavy atom. The van der Waals surface area contributed by atoms with Crippen molar-refractivity contribution >= 4 is 17.8 Å². The largest absolute Gasteiger partial charge is 0.249 e. The van der Waals surface area contributed by atoms with Gasteiger partial charge in [-0.3, -0.25) is 0 Å². The molecule has 0 saturated heterocycles. The van der Waals surface area contributed by atoms with Gasteiger partial charge < -0.3 is 0 Å². The molecule has 0 N–H and O–H groups in total. The van der Waals surface area contributed by atoms with Gasteiger partial charge in [-0.05, 0) is 13.0 Å². The van der Waals surface area contributed by atoms with Gasteiger partial charge in [0.05, 0.1) is 0 Å². The van der Waals surface area contributed by atoms with E-state index in [9.17, 15) is 0 Å². The molecule has 0 heterocycles. The van der Waals surface area contributed by atoms with Crippen molar-refractivity contribution in [2.45, 2.75) is 6.92 Å². The van der Waals surface area contributed by atoms with E-state index >= 15 is 0 Å². The zero-order chi connectivity index (χ0) is 6.41. The van der Waals surface area contributed by atoms with Gasteiger partial charge in [-0.25, -0.2) is 4.99 Å². The average Bonchev–Trinajstić information content (AvgIpc) is 1.68. The molecular weight excluding hydrogens is 122 g/mol. The van der Waals surface area contributed by atoms with Crippen molar-refractivity contribution in [1.82, 2.24) is 0 Å². The second-order valence-corrected chi connectivity index (χ2v) is 1.50. The summed E-state index contributed by atoms with van der Waals surface area (Å²) in [6, 6.07) is 0. The van der Waals surface area contributed by atoms with Crippen LogP contribution >= 0.6 is 11.6 Å². The van der Waals surface area contributed by atoms with Crippen molar-refractivity contribution in [3.8, 4) is 0 Å². The topological polar surface area (TPSA) is 12.4 Å². The van der Waals surface area contributed by atoms with Crippen molar-refractivity contribution in [3.63, 3.8) is 0 Å². The first-order valence-corrected chi connectivity index (χ1v) is 2.66. The lowest BCUT2D eigenvalue weighted by Gasteiger charge is -1.79. The van der Waals surface area contributed by atoms with Gasteiger partial charge in [0.15, 0.2) is 0 Å².